The Hall–Kier alpha value is -3.87. The Bertz CT molecular complexity index is 1270. The molecular weight excluding hydrogens is 431 g/mol. The van der Waals surface area contributed by atoms with E-state index in [1.54, 1.807) is 6.26 Å². The maximum atomic E-state index is 13.3. The molecule has 0 unspecified atom stereocenters. The first-order chi connectivity index (χ1) is 16.6. The Kier molecular flexibility index (Phi) is 6.16. The zero-order chi connectivity index (χ0) is 23.5. The van der Waals surface area contributed by atoms with Gasteiger partial charge in [-0.25, -0.2) is 9.37 Å². The number of halogens is 1. The molecule has 0 aliphatic carbocycles. The van der Waals surface area contributed by atoms with Crippen molar-refractivity contribution in [2.45, 2.75) is 19.4 Å². The molecule has 2 aromatic carbocycles. The first-order valence-electron chi connectivity index (χ1n) is 11.5. The number of anilines is 2. The van der Waals surface area contributed by atoms with Gasteiger partial charge in [-0.15, -0.1) is 0 Å². The summed E-state index contributed by atoms with van der Waals surface area (Å²) in [6.45, 7) is 5.18. The minimum Gasteiger partial charge on any atom is -0.469 e. The van der Waals surface area contributed by atoms with Crippen LogP contribution in [0.5, 0.6) is 0 Å². The summed E-state index contributed by atoms with van der Waals surface area (Å²) in [7, 11) is 0. The highest BCUT2D eigenvalue weighted by molar-refractivity contribution is 6.01. The van der Waals surface area contributed by atoms with E-state index in [1.165, 1.54) is 12.1 Å². The van der Waals surface area contributed by atoms with Crippen molar-refractivity contribution in [1.29, 1.82) is 0 Å². The molecule has 1 atom stereocenters. The summed E-state index contributed by atoms with van der Waals surface area (Å²) in [5.74, 6) is 1.39. The molecule has 3 heterocycles. The van der Waals surface area contributed by atoms with Gasteiger partial charge in [-0.2, -0.15) is 0 Å². The average Bonchev–Trinajstić information content (AvgIpc) is 3.37. The van der Waals surface area contributed by atoms with Crippen LogP contribution in [0.25, 0.3) is 10.8 Å². The van der Waals surface area contributed by atoms with Gasteiger partial charge in [0.2, 0.25) is 0 Å². The zero-order valence-electron chi connectivity index (χ0n) is 19.1. The van der Waals surface area contributed by atoms with Crippen LogP contribution in [0, 0.1) is 5.82 Å². The third kappa shape index (κ3) is 4.73. The molecule has 0 radical (unpaired) electrons. The minimum absolute atomic E-state index is 0.0535. The van der Waals surface area contributed by atoms with Gasteiger partial charge >= 0.3 is 0 Å². The number of piperazine rings is 1. The van der Waals surface area contributed by atoms with E-state index in [2.05, 4.69) is 20.1 Å². The topological polar surface area (TPSA) is 61.6 Å². The molecule has 0 bridgehead atoms. The van der Waals surface area contributed by atoms with E-state index in [0.29, 0.717) is 12.0 Å². The number of aromatic nitrogens is 1. The van der Waals surface area contributed by atoms with Crippen molar-refractivity contribution in [3.63, 3.8) is 0 Å². The lowest BCUT2D eigenvalue weighted by Gasteiger charge is -2.37. The number of carbonyl (C=O) groups excluding carboxylic acids is 1. The molecule has 0 spiro atoms. The Morgan fingerprint density at radius 3 is 2.56 bits per heavy atom. The number of amides is 1. The second-order valence-electron chi connectivity index (χ2n) is 8.68. The van der Waals surface area contributed by atoms with E-state index >= 15 is 0 Å². The van der Waals surface area contributed by atoms with Crippen LogP contribution in [0.3, 0.4) is 0 Å². The predicted octanol–water partition coefficient (Wildman–Crippen LogP) is 4.65. The van der Waals surface area contributed by atoms with Gasteiger partial charge in [0.25, 0.3) is 5.91 Å². The highest BCUT2D eigenvalue weighted by Crippen LogP contribution is 2.27. The molecule has 1 fully saturated rings. The van der Waals surface area contributed by atoms with Crippen molar-refractivity contribution in [2.75, 3.05) is 36.0 Å². The summed E-state index contributed by atoms with van der Waals surface area (Å²) in [6, 6.07) is 18.1. The van der Waals surface area contributed by atoms with E-state index < -0.39 is 0 Å². The third-order valence-corrected chi connectivity index (χ3v) is 6.24. The number of furan rings is 1. The van der Waals surface area contributed by atoms with Crippen LogP contribution >= 0.6 is 0 Å². The SMILES string of the molecule is C[C@H](Cc1ccco1)NC(=O)c1ccc2ccnc(N3CCN(c4ccc(F)cc4)CC3)c2c1. The van der Waals surface area contributed by atoms with E-state index in [0.717, 1.165) is 54.2 Å². The fourth-order valence-corrected chi connectivity index (χ4v) is 4.46. The summed E-state index contributed by atoms with van der Waals surface area (Å²) in [4.78, 5) is 22.1. The van der Waals surface area contributed by atoms with E-state index in [4.69, 9.17) is 4.42 Å². The number of hydrogen-bond donors (Lipinski definition) is 1. The fraction of sp³-hybridized carbons (Fsp3) is 0.259. The number of nitrogens with zero attached hydrogens (tertiary/aromatic N) is 3. The predicted molar refractivity (Wildman–Crippen MR) is 132 cm³/mol. The van der Waals surface area contributed by atoms with Gasteiger partial charge in [-0.1, -0.05) is 6.07 Å². The van der Waals surface area contributed by atoms with Gasteiger partial charge in [-0.05, 0) is 66.9 Å². The summed E-state index contributed by atoms with van der Waals surface area (Å²) in [5.41, 5.74) is 1.63. The molecule has 2 aromatic heterocycles. The molecule has 1 saturated heterocycles. The number of carbonyl (C=O) groups is 1. The number of hydrogen-bond acceptors (Lipinski definition) is 5. The maximum Gasteiger partial charge on any atom is 0.251 e. The van der Waals surface area contributed by atoms with Gasteiger partial charge in [-0.3, -0.25) is 4.79 Å². The van der Waals surface area contributed by atoms with E-state index in [1.807, 2.05) is 61.7 Å². The number of benzene rings is 2. The number of pyridine rings is 1. The first-order valence-corrected chi connectivity index (χ1v) is 11.5. The lowest BCUT2D eigenvalue weighted by Crippen LogP contribution is -2.46. The van der Waals surface area contributed by atoms with E-state index in [9.17, 15) is 9.18 Å². The quantitative estimate of drug-likeness (QED) is 0.456. The van der Waals surface area contributed by atoms with Crippen molar-refractivity contribution < 1.29 is 13.6 Å². The molecule has 0 saturated carbocycles. The lowest BCUT2D eigenvalue weighted by molar-refractivity contribution is 0.0939. The van der Waals surface area contributed by atoms with Crippen LogP contribution in [0.1, 0.15) is 23.0 Å². The molecule has 1 aliphatic heterocycles. The van der Waals surface area contributed by atoms with Crippen molar-refractivity contribution >= 4 is 28.2 Å². The van der Waals surface area contributed by atoms with Crippen LogP contribution in [-0.2, 0) is 6.42 Å². The highest BCUT2D eigenvalue weighted by atomic mass is 19.1. The summed E-state index contributed by atoms with van der Waals surface area (Å²) in [5, 5.41) is 5.07. The molecule has 1 aliphatic rings. The smallest absolute Gasteiger partial charge is 0.251 e. The maximum absolute atomic E-state index is 13.3. The first kappa shape index (κ1) is 21.9. The molecule has 5 rings (SSSR count). The molecule has 1 N–H and O–H groups in total. The van der Waals surface area contributed by atoms with Crippen LogP contribution in [0.2, 0.25) is 0 Å². The molecule has 34 heavy (non-hydrogen) atoms. The summed E-state index contributed by atoms with van der Waals surface area (Å²) < 4.78 is 18.6. The number of rotatable bonds is 6. The van der Waals surface area contributed by atoms with Crippen LogP contribution in [0.15, 0.2) is 77.5 Å². The van der Waals surface area contributed by atoms with Gasteiger partial charge in [0, 0.05) is 61.5 Å². The van der Waals surface area contributed by atoms with Crippen molar-refractivity contribution in [3.05, 3.63) is 90.3 Å². The molecule has 7 heteroatoms. The molecule has 4 aromatic rings. The lowest BCUT2D eigenvalue weighted by atomic mass is 10.1. The minimum atomic E-state index is -0.224. The summed E-state index contributed by atoms with van der Waals surface area (Å²) in [6.07, 6.45) is 4.09. The highest BCUT2D eigenvalue weighted by Gasteiger charge is 2.21. The van der Waals surface area contributed by atoms with Crippen molar-refractivity contribution in [3.8, 4) is 0 Å². The summed E-state index contributed by atoms with van der Waals surface area (Å²) >= 11 is 0. The zero-order valence-corrected chi connectivity index (χ0v) is 19.1. The number of fused-ring (bicyclic) bond motifs is 1. The van der Waals surface area contributed by atoms with Gasteiger partial charge in [0.1, 0.15) is 17.4 Å². The van der Waals surface area contributed by atoms with Gasteiger partial charge in [0.05, 0.1) is 6.26 Å². The molecule has 1 amide bonds. The van der Waals surface area contributed by atoms with Crippen LogP contribution < -0.4 is 15.1 Å². The van der Waals surface area contributed by atoms with Crippen LogP contribution in [-0.4, -0.2) is 43.1 Å². The average molecular weight is 459 g/mol. The molecule has 6 nitrogen and oxygen atoms in total. The van der Waals surface area contributed by atoms with Gasteiger partial charge in [0.15, 0.2) is 0 Å². The fourth-order valence-electron chi connectivity index (χ4n) is 4.46. The third-order valence-electron chi connectivity index (χ3n) is 6.24. The number of nitrogens with one attached hydrogen (secondary N) is 1. The molecular formula is C27H27FN4O2. The van der Waals surface area contributed by atoms with Crippen molar-refractivity contribution in [1.82, 2.24) is 10.3 Å². The Morgan fingerprint density at radius 2 is 1.82 bits per heavy atom. The van der Waals surface area contributed by atoms with Crippen molar-refractivity contribution in [2.24, 2.45) is 0 Å². The molecule has 174 valence electrons. The Morgan fingerprint density at radius 1 is 1.06 bits per heavy atom. The standard InChI is InChI=1S/C27H27FN4O2/c1-19(17-24-3-2-16-34-24)30-27(33)21-5-4-20-10-11-29-26(25(20)18-21)32-14-12-31(13-15-32)23-8-6-22(28)7-9-23/h2-11,16,18-19H,12-15,17H2,1H3,(H,30,33)/t19-/m1/s1. The normalized spacial score (nSPS) is 14.9. The monoisotopic (exact) mass is 458 g/mol. The Balaban J connectivity index is 1.31. The second kappa shape index (κ2) is 9.55. The largest absolute Gasteiger partial charge is 0.469 e. The Labute approximate surface area is 198 Å². The van der Waals surface area contributed by atoms with Crippen LogP contribution in [0.4, 0.5) is 15.9 Å². The second-order valence-corrected chi connectivity index (χ2v) is 8.68. The van der Waals surface area contributed by atoms with Gasteiger partial charge < -0.3 is 19.5 Å². The van der Waals surface area contributed by atoms with E-state index in [-0.39, 0.29) is 17.8 Å².